The number of phenolic OH excluding ortho intramolecular Hbond substituents is 1. The van der Waals surface area contributed by atoms with Crippen LogP contribution >= 0.6 is 11.3 Å². The molecule has 0 radical (unpaired) electrons. The van der Waals surface area contributed by atoms with E-state index in [0.717, 1.165) is 13.0 Å². The molecule has 3 rings (SSSR count). The fourth-order valence-electron chi connectivity index (χ4n) is 2.55. The van der Waals surface area contributed by atoms with Crippen LogP contribution in [0.3, 0.4) is 0 Å². The molecule has 0 aliphatic carbocycles. The van der Waals surface area contributed by atoms with Crippen molar-refractivity contribution in [1.82, 2.24) is 4.90 Å². The maximum Gasteiger partial charge on any atom is 0.115 e. The summed E-state index contributed by atoms with van der Waals surface area (Å²) in [7, 11) is 2.15. The second-order valence-corrected chi connectivity index (χ2v) is 5.51. The fourth-order valence-corrected chi connectivity index (χ4v) is 3.45. The van der Waals surface area contributed by atoms with Gasteiger partial charge < -0.3 is 5.11 Å². The number of aromatic hydroxyl groups is 1. The Morgan fingerprint density at radius 3 is 3.00 bits per heavy atom. The minimum absolute atomic E-state index is 0.297. The quantitative estimate of drug-likeness (QED) is 0.834. The van der Waals surface area contributed by atoms with Crippen LogP contribution in [0.1, 0.15) is 22.0 Å². The molecule has 2 nitrogen and oxygen atoms in total. The summed E-state index contributed by atoms with van der Waals surface area (Å²) in [6.45, 7) is 1.07. The van der Waals surface area contributed by atoms with Crippen molar-refractivity contribution in [2.45, 2.75) is 12.5 Å². The lowest BCUT2D eigenvalue weighted by molar-refractivity contribution is 0.267. The summed E-state index contributed by atoms with van der Waals surface area (Å²) in [6, 6.07) is 10.3. The van der Waals surface area contributed by atoms with E-state index in [2.05, 4.69) is 35.5 Å². The van der Waals surface area contributed by atoms with Crippen LogP contribution < -0.4 is 0 Å². The third-order valence-corrected chi connectivity index (χ3v) is 4.34. The van der Waals surface area contributed by atoms with Crippen LogP contribution in [-0.2, 0) is 6.42 Å². The number of benzene rings is 1. The van der Waals surface area contributed by atoms with Gasteiger partial charge in [0, 0.05) is 11.4 Å². The van der Waals surface area contributed by atoms with Crippen molar-refractivity contribution >= 4 is 11.3 Å². The predicted octanol–water partition coefficient (Wildman–Crippen LogP) is 3.03. The molecule has 17 heavy (non-hydrogen) atoms. The van der Waals surface area contributed by atoms with E-state index in [-0.39, 0.29) is 0 Å². The van der Waals surface area contributed by atoms with Gasteiger partial charge in [0.2, 0.25) is 0 Å². The van der Waals surface area contributed by atoms with E-state index in [9.17, 15) is 5.11 Å². The lowest BCUT2D eigenvalue weighted by atomic mass is 9.92. The minimum atomic E-state index is 0.297. The molecule has 1 N–H and O–H groups in total. The average Bonchev–Trinajstić information content (AvgIpc) is 2.82. The Balaban J connectivity index is 2.12. The van der Waals surface area contributed by atoms with Gasteiger partial charge in [0.25, 0.3) is 0 Å². The molecule has 1 atom stereocenters. The number of rotatable bonds is 1. The minimum Gasteiger partial charge on any atom is -0.508 e. The van der Waals surface area contributed by atoms with Gasteiger partial charge >= 0.3 is 0 Å². The normalized spacial score (nSPS) is 20.2. The maximum atomic E-state index is 9.67. The highest BCUT2D eigenvalue weighted by Gasteiger charge is 2.26. The lowest BCUT2D eigenvalue weighted by Gasteiger charge is -2.34. The molecular formula is C14H15NOS. The number of nitrogens with zero attached hydrogens (tertiary/aromatic N) is 1. The van der Waals surface area contributed by atoms with Crippen LogP contribution in [-0.4, -0.2) is 23.6 Å². The maximum absolute atomic E-state index is 9.67. The smallest absolute Gasteiger partial charge is 0.115 e. The SMILES string of the molecule is CN1CCc2ccc(O)cc2C1c1cccs1. The third-order valence-electron chi connectivity index (χ3n) is 3.41. The van der Waals surface area contributed by atoms with Crippen LogP contribution in [0.4, 0.5) is 0 Å². The second kappa shape index (κ2) is 4.17. The number of fused-ring (bicyclic) bond motifs is 1. The first-order valence-corrected chi connectivity index (χ1v) is 6.69. The van der Waals surface area contributed by atoms with Crippen LogP contribution in [0.15, 0.2) is 35.7 Å². The molecule has 88 valence electrons. The summed E-state index contributed by atoms with van der Waals surface area (Å²) >= 11 is 1.78. The predicted molar refractivity (Wildman–Crippen MR) is 70.6 cm³/mol. The molecule has 1 aliphatic rings. The van der Waals surface area contributed by atoms with Crippen molar-refractivity contribution in [1.29, 1.82) is 0 Å². The van der Waals surface area contributed by atoms with Crippen LogP contribution in [0.5, 0.6) is 5.75 Å². The first kappa shape index (κ1) is 10.8. The Kier molecular flexibility index (Phi) is 2.65. The Morgan fingerprint density at radius 1 is 1.35 bits per heavy atom. The third kappa shape index (κ3) is 1.85. The van der Waals surface area contributed by atoms with Crippen molar-refractivity contribution in [3.8, 4) is 5.75 Å². The van der Waals surface area contributed by atoms with E-state index in [1.54, 1.807) is 17.4 Å². The zero-order chi connectivity index (χ0) is 11.8. The molecule has 0 spiro atoms. The van der Waals surface area contributed by atoms with Gasteiger partial charge in [-0.3, -0.25) is 4.90 Å². The van der Waals surface area contributed by atoms with Gasteiger partial charge in [-0.05, 0) is 48.2 Å². The topological polar surface area (TPSA) is 23.5 Å². The van der Waals surface area contributed by atoms with E-state index in [0.29, 0.717) is 11.8 Å². The lowest BCUT2D eigenvalue weighted by Crippen LogP contribution is -2.32. The van der Waals surface area contributed by atoms with Gasteiger partial charge in [-0.25, -0.2) is 0 Å². The van der Waals surface area contributed by atoms with Gasteiger partial charge in [0.1, 0.15) is 5.75 Å². The van der Waals surface area contributed by atoms with Gasteiger partial charge in [0.05, 0.1) is 6.04 Å². The second-order valence-electron chi connectivity index (χ2n) is 4.53. The number of thiophene rings is 1. The molecule has 1 aliphatic heterocycles. The largest absolute Gasteiger partial charge is 0.508 e. The Morgan fingerprint density at radius 2 is 2.24 bits per heavy atom. The highest BCUT2D eigenvalue weighted by molar-refractivity contribution is 7.10. The molecule has 3 heteroatoms. The summed E-state index contributed by atoms with van der Waals surface area (Å²) in [5.74, 6) is 0.362. The summed E-state index contributed by atoms with van der Waals surface area (Å²) in [5, 5.41) is 11.8. The Labute approximate surface area is 105 Å². The molecule has 0 bridgehead atoms. The van der Waals surface area contributed by atoms with E-state index in [1.165, 1.54) is 16.0 Å². The summed E-state index contributed by atoms with van der Waals surface area (Å²) in [6.07, 6.45) is 1.06. The molecule has 2 heterocycles. The van der Waals surface area contributed by atoms with Crippen LogP contribution in [0.2, 0.25) is 0 Å². The van der Waals surface area contributed by atoms with Gasteiger partial charge in [-0.1, -0.05) is 12.1 Å². The van der Waals surface area contributed by atoms with Crippen molar-refractivity contribution in [2.24, 2.45) is 0 Å². The monoisotopic (exact) mass is 245 g/mol. The molecule has 1 aromatic heterocycles. The standard InChI is InChI=1S/C14H15NOS/c1-15-7-6-10-4-5-11(16)9-12(10)14(15)13-3-2-8-17-13/h2-5,8-9,14,16H,6-7H2,1H3. The molecule has 1 aromatic carbocycles. The highest BCUT2D eigenvalue weighted by Crippen LogP contribution is 2.37. The molecule has 0 saturated carbocycles. The van der Waals surface area contributed by atoms with Crippen LogP contribution in [0.25, 0.3) is 0 Å². The Hall–Kier alpha value is -1.32. The zero-order valence-corrected chi connectivity index (χ0v) is 10.6. The first-order valence-electron chi connectivity index (χ1n) is 5.81. The average molecular weight is 245 g/mol. The summed E-state index contributed by atoms with van der Waals surface area (Å²) in [5.41, 5.74) is 2.61. The molecule has 0 amide bonds. The first-order chi connectivity index (χ1) is 8.25. The number of hydrogen-bond acceptors (Lipinski definition) is 3. The van der Waals surface area contributed by atoms with E-state index < -0.39 is 0 Å². The molecule has 2 aromatic rings. The van der Waals surface area contributed by atoms with Crippen molar-refractivity contribution in [3.05, 3.63) is 51.7 Å². The Bertz CT molecular complexity index is 521. The highest BCUT2D eigenvalue weighted by atomic mass is 32.1. The van der Waals surface area contributed by atoms with E-state index in [1.807, 2.05) is 6.07 Å². The van der Waals surface area contributed by atoms with E-state index in [4.69, 9.17) is 0 Å². The van der Waals surface area contributed by atoms with Crippen LogP contribution in [0, 0.1) is 0 Å². The molecule has 0 saturated heterocycles. The van der Waals surface area contributed by atoms with E-state index >= 15 is 0 Å². The van der Waals surface area contributed by atoms with Gasteiger partial charge in [0.15, 0.2) is 0 Å². The molecular weight excluding hydrogens is 230 g/mol. The van der Waals surface area contributed by atoms with Crippen molar-refractivity contribution in [3.63, 3.8) is 0 Å². The van der Waals surface area contributed by atoms with Gasteiger partial charge in [-0.15, -0.1) is 11.3 Å². The zero-order valence-electron chi connectivity index (χ0n) is 9.76. The fraction of sp³-hybridized carbons (Fsp3) is 0.286. The van der Waals surface area contributed by atoms with Crippen molar-refractivity contribution in [2.75, 3.05) is 13.6 Å². The molecule has 1 unspecified atom stereocenters. The molecule has 0 fully saturated rings. The number of hydrogen-bond donors (Lipinski definition) is 1. The number of phenols is 1. The van der Waals surface area contributed by atoms with Crippen molar-refractivity contribution < 1.29 is 5.11 Å². The summed E-state index contributed by atoms with van der Waals surface area (Å²) in [4.78, 5) is 3.70. The van der Waals surface area contributed by atoms with Gasteiger partial charge in [-0.2, -0.15) is 0 Å². The number of likely N-dealkylation sites (N-methyl/N-ethyl adjacent to an activating group) is 1. The summed E-state index contributed by atoms with van der Waals surface area (Å²) < 4.78 is 0.